The highest BCUT2D eigenvalue weighted by molar-refractivity contribution is 6.03. The van der Waals surface area contributed by atoms with Crippen LogP contribution in [0.25, 0.3) is 0 Å². The largest absolute Gasteiger partial charge is 0.294 e. The van der Waals surface area contributed by atoms with E-state index in [1.54, 1.807) is 0 Å². The summed E-state index contributed by atoms with van der Waals surface area (Å²) in [5, 5.41) is 0. The second-order valence-corrected chi connectivity index (χ2v) is 8.53. The van der Waals surface area contributed by atoms with Crippen molar-refractivity contribution in [1.82, 2.24) is 0 Å². The third-order valence-electron chi connectivity index (χ3n) is 7.32. The van der Waals surface area contributed by atoms with E-state index in [2.05, 4.69) is 18.2 Å². The maximum atomic E-state index is 13.2. The van der Waals surface area contributed by atoms with Crippen molar-refractivity contribution in [3.63, 3.8) is 0 Å². The molecule has 0 bridgehead atoms. The van der Waals surface area contributed by atoms with Crippen molar-refractivity contribution in [3.05, 3.63) is 68.8 Å². The molecule has 4 aliphatic carbocycles. The lowest BCUT2D eigenvalue weighted by molar-refractivity contribution is 0.0917. The number of fused-ring (bicyclic) bond motifs is 5. The molecule has 0 aromatic heterocycles. The Balaban J connectivity index is 1.38. The van der Waals surface area contributed by atoms with Gasteiger partial charge in [0.1, 0.15) is 0 Å². The summed E-state index contributed by atoms with van der Waals surface area (Å²) in [6.45, 7) is 0. The lowest BCUT2D eigenvalue weighted by atomic mass is 9.84. The number of hydrogen-bond donors (Lipinski definition) is 0. The van der Waals surface area contributed by atoms with Gasteiger partial charge >= 0.3 is 0 Å². The monoisotopic (exact) mass is 342 g/mol. The van der Waals surface area contributed by atoms with E-state index >= 15 is 0 Å². The molecule has 0 fully saturated rings. The number of hydrogen-bond acceptors (Lipinski definition) is 2. The van der Waals surface area contributed by atoms with Crippen LogP contribution in [0.1, 0.15) is 79.3 Å². The van der Waals surface area contributed by atoms with Gasteiger partial charge in [0.15, 0.2) is 11.6 Å². The van der Waals surface area contributed by atoms with E-state index in [4.69, 9.17) is 0 Å². The Hall–Kier alpha value is -2.22. The summed E-state index contributed by atoms with van der Waals surface area (Å²) in [5.41, 5.74) is 10.1. The quantitative estimate of drug-likeness (QED) is 0.770. The summed E-state index contributed by atoms with van der Waals surface area (Å²) in [5.74, 6) is 1.10. The number of aryl methyl sites for hydroxylation is 2. The minimum absolute atomic E-state index is 0.101. The Kier molecular flexibility index (Phi) is 2.95. The SMILES string of the molecule is O=C1CCc2c1ccc1c2CCC1C1Cc2cc3c(cc2C1=O)CCC3. The number of carbonyl (C=O) groups excluding carboxylic acids is 2. The third-order valence-corrected chi connectivity index (χ3v) is 7.32. The zero-order valence-corrected chi connectivity index (χ0v) is 14.9. The van der Waals surface area contributed by atoms with Gasteiger partial charge in [-0.2, -0.15) is 0 Å². The molecule has 130 valence electrons. The second-order valence-electron chi connectivity index (χ2n) is 8.53. The Bertz CT molecular complexity index is 998. The number of ketones is 2. The summed E-state index contributed by atoms with van der Waals surface area (Å²) >= 11 is 0. The molecule has 2 heteroatoms. The molecule has 0 saturated heterocycles. The third kappa shape index (κ3) is 1.88. The first kappa shape index (κ1) is 14.9. The van der Waals surface area contributed by atoms with Gasteiger partial charge in [0, 0.05) is 23.5 Å². The molecular weight excluding hydrogens is 320 g/mol. The fourth-order valence-corrected chi connectivity index (χ4v) is 6.07. The van der Waals surface area contributed by atoms with Gasteiger partial charge in [-0.3, -0.25) is 9.59 Å². The molecule has 0 heterocycles. The minimum atomic E-state index is 0.101. The molecule has 2 nitrogen and oxygen atoms in total. The Morgan fingerprint density at radius 3 is 2.46 bits per heavy atom. The fraction of sp³-hybridized carbons (Fsp3) is 0.417. The summed E-state index contributed by atoms with van der Waals surface area (Å²) in [6.07, 6.45) is 8.10. The normalized spacial score (nSPS) is 25.4. The maximum Gasteiger partial charge on any atom is 0.167 e. The molecule has 2 aromatic rings. The molecule has 6 rings (SSSR count). The molecule has 2 aromatic carbocycles. The molecule has 4 aliphatic rings. The lowest BCUT2D eigenvalue weighted by Gasteiger charge is -2.18. The van der Waals surface area contributed by atoms with Gasteiger partial charge in [-0.25, -0.2) is 0 Å². The van der Waals surface area contributed by atoms with Crippen LogP contribution in [0.5, 0.6) is 0 Å². The van der Waals surface area contributed by atoms with Gasteiger partial charge < -0.3 is 0 Å². The minimum Gasteiger partial charge on any atom is -0.294 e. The Labute approximate surface area is 153 Å². The predicted octanol–water partition coefficient (Wildman–Crippen LogP) is 4.39. The standard InChI is InChI=1S/C24H22O2/c25-23-9-8-18-16-4-5-19(17(16)6-7-20(18)23)22-12-15-10-13-2-1-3-14(13)11-21(15)24(22)26/h6-7,10-11,19,22H,1-5,8-9,12H2. The van der Waals surface area contributed by atoms with Crippen molar-refractivity contribution >= 4 is 11.6 Å². The van der Waals surface area contributed by atoms with Gasteiger partial charge in [-0.05, 0) is 90.3 Å². The van der Waals surface area contributed by atoms with Crippen LogP contribution in [-0.2, 0) is 32.1 Å². The van der Waals surface area contributed by atoms with Crippen molar-refractivity contribution in [2.75, 3.05) is 0 Å². The molecule has 0 spiro atoms. The zero-order chi connectivity index (χ0) is 17.4. The number of carbonyl (C=O) groups is 2. The summed E-state index contributed by atoms with van der Waals surface area (Å²) < 4.78 is 0. The summed E-state index contributed by atoms with van der Waals surface area (Å²) in [7, 11) is 0. The fourth-order valence-electron chi connectivity index (χ4n) is 6.07. The first-order chi connectivity index (χ1) is 12.7. The topological polar surface area (TPSA) is 34.1 Å². The first-order valence-electron chi connectivity index (χ1n) is 10.1. The van der Waals surface area contributed by atoms with Crippen molar-refractivity contribution in [2.45, 2.75) is 57.3 Å². The van der Waals surface area contributed by atoms with E-state index < -0.39 is 0 Å². The van der Waals surface area contributed by atoms with Crippen LogP contribution in [-0.4, -0.2) is 11.6 Å². The van der Waals surface area contributed by atoms with Crippen LogP contribution < -0.4 is 0 Å². The number of rotatable bonds is 1. The molecule has 0 aliphatic heterocycles. The molecule has 0 radical (unpaired) electrons. The highest BCUT2D eigenvalue weighted by atomic mass is 16.1. The van der Waals surface area contributed by atoms with Gasteiger partial charge in [-0.15, -0.1) is 0 Å². The molecule has 2 atom stereocenters. The second kappa shape index (κ2) is 5.16. The van der Waals surface area contributed by atoms with Crippen molar-refractivity contribution in [1.29, 1.82) is 0 Å². The smallest absolute Gasteiger partial charge is 0.167 e. The van der Waals surface area contributed by atoms with E-state index in [1.165, 1.54) is 46.2 Å². The summed E-state index contributed by atoms with van der Waals surface area (Å²) in [6, 6.07) is 8.72. The van der Waals surface area contributed by atoms with Gasteiger partial charge in [0.25, 0.3) is 0 Å². The summed E-state index contributed by atoms with van der Waals surface area (Å²) in [4.78, 5) is 25.3. The van der Waals surface area contributed by atoms with Crippen LogP contribution >= 0.6 is 0 Å². The van der Waals surface area contributed by atoms with Crippen LogP contribution in [0.2, 0.25) is 0 Å². The van der Waals surface area contributed by atoms with Crippen molar-refractivity contribution in [2.24, 2.45) is 5.92 Å². The molecule has 0 amide bonds. The van der Waals surface area contributed by atoms with E-state index in [9.17, 15) is 9.59 Å². The molecular formula is C24H22O2. The number of benzene rings is 2. The Morgan fingerprint density at radius 1 is 0.731 bits per heavy atom. The Morgan fingerprint density at radius 2 is 1.58 bits per heavy atom. The predicted molar refractivity (Wildman–Crippen MR) is 100 cm³/mol. The zero-order valence-electron chi connectivity index (χ0n) is 14.9. The lowest BCUT2D eigenvalue weighted by Crippen LogP contribution is -2.17. The highest BCUT2D eigenvalue weighted by Crippen LogP contribution is 2.47. The highest BCUT2D eigenvalue weighted by Gasteiger charge is 2.41. The molecule has 2 unspecified atom stereocenters. The first-order valence-corrected chi connectivity index (χ1v) is 10.1. The van der Waals surface area contributed by atoms with Crippen LogP contribution in [0, 0.1) is 5.92 Å². The average molecular weight is 342 g/mol. The van der Waals surface area contributed by atoms with Crippen LogP contribution in [0.4, 0.5) is 0 Å². The molecule has 0 saturated carbocycles. The molecule has 26 heavy (non-hydrogen) atoms. The average Bonchev–Trinajstić information content (AvgIpc) is 3.39. The van der Waals surface area contributed by atoms with Gasteiger partial charge in [0.05, 0.1) is 0 Å². The van der Waals surface area contributed by atoms with Crippen molar-refractivity contribution in [3.8, 4) is 0 Å². The van der Waals surface area contributed by atoms with Crippen LogP contribution in [0.3, 0.4) is 0 Å². The van der Waals surface area contributed by atoms with E-state index in [0.717, 1.165) is 43.2 Å². The number of Topliss-reactive ketones (excluding diaryl/α,β-unsaturated/α-hetero) is 2. The van der Waals surface area contributed by atoms with Crippen LogP contribution in [0.15, 0.2) is 24.3 Å². The van der Waals surface area contributed by atoms with E-state index in [-0.39, 0.29) is 5.92 Å². The molecule has 0 N–H and O–H groups in total. The van der Waals surface area contributed by atoms with Gasteiger partial charge in [-0.1, -0.05) is 18.2 Å². The van der Waals surface area contributed by atoms with E-state index in [0.29, 0.717) is 23.9 Å². The van der Waals surface area contributed by atoms with E-state index in [1.807, 2.05) is 6.07 Å². The maximum absolute atomic E-state index is 13.2. The van der Waals surface area contributed by atoms with Gasteiger partial charge in [0.2, 0.25) is 0 Å². The van der Waals surface area contributed by atoms with Crippen molar-refractivity contribution < 1.29 is 9.59 Å².